The Bertz CT molecular complexity index is 415. The minimum atomic E-state index is -4.32. The lowest BCUT2D eigenvalue weighted by Crippen LogP contribution is -2.45. The molecule has 1 fully saturated rings. The number of alkyl halides is 3. The van der Waals surface area contributed by atoms with Crippen LogP contribution < -0.4 is 0 Å². The normalized spacial score (nSPS) is 21.9. The second kappa shape index (κ2) is 5.63. The third kappa shape index (κ3) is 3.71. The van der Waals surface area contributed by atoms with Crippen LogP contribution in [0.1, 0.15) is 26.7 Å². The average molecular weight is 279 g/mol. The highest BCUT2D eigenvalue weighted by atomic mass is 19.4. The molecule has 0 aromatic carbocycles. The summed E-state index contributed by atoms with van der Waals surface area (Å²) in [7, 11) is 0. The first kappa shape index (κ1) is 15.5. The summed E-state index contributed by atoms with van der Waals surface area (Å²) in [6.07, 6.45) is -4.04. The van der Waals surface area contributed by atoms with E-state index in [1.807, 2.05) is 0 Å². The number of halogens is 3. The van der Waals surface area contributed by atoms with Gasteiger partial charge in [-0.1, -0.05) is 0 Å². The zero-order chi connectivity index (χ0) is 14.8. The molecular weight excluding hydrogens is 263 g/mol. The van der Waals surface area contributed by atoms with E-state index in [0.29, 0.717) is 0 Å². The molecule has 0 saturated carbocycles. The van der Waals surface area contributed by atoms with E-state index in [1.54, 1.807) is 0 Å². The number of aliphatic carboxylic acids is 1. The summed E-state index contributed by atoms with van der Waals surface area (Å²) in [5, 5.41) is 8.77. The molecule has 7 heteroatoms. The molecule has 1 unspecified atom stereocenters. The average Bonchev–Trinajstić information content (AvgIpc) is 2.35. The predicted molar refractivity (Wildman–Crippen MR) is 61.4 cm³/mol. The van der Waals surface area contributed by atoms with Gasteiger partial charge in [-0.25, -0.2) is 4.79 Å². The lowest BCUT2D eigenvalue weighted by Gasteiger charge is -2.34. The molecule has 1 N–H and O–H groups in total. The van der Waals surface area contributed by atoms with Crippen LogP contribution in [0.15, 0.2) is 11.1 Å². The lowest BCUT2D eigenvalue weighted by atomic mass is 9.96. The van der Waals surface area contributed by atoms with Gasteiger partial charge in [0.1, 0.15) is 0 Å². The number of likely N-dealkylation sites (tertiary alicyclic amines) is 1. The van der Waals surface area contributed by atoms with Crippen LogP contribution >= 0.6 is 0 Å². The molecule has 0 aliphatic carbocycles. The van der Waals surface area contributed by atoms with Gasteiger partial charge in [-0.05, 0) is 26.7 Å². The van der Waals surface area contributed by atoms with Gasteiger partial charge in [0.2, 0.25) is 5.91 Å². The van der Waals surface area contributed by atoms with Gasteiger partial charge in [0.15, 0.2) is 0 Å². The van der Waals surface area contributed by atoms with Gasteiger partial charge < -0.3 is 10.0 Å². The molecule has 1 aliphatic heterocycles. The number of carbonyl (C=O) groups excluding carboxylic acids is 1. The van der Waals surface area contributed by atoms with E-state index in [4.69, 9.17) is 5.11 Å². The van der Waals surface area contributed by atoms with Gasteiger partial charge in [-0.2, -0.15) is 13.2 Å². The van der Waals surface area contributed by atoms with Crippen molar-refractivity contribution in [3.8, 4) is 0 Å². The molecule has 1 saturated heterocycles. The van der Waals surface area contributed by atoms with Crippen LogP contribution in [0, 0.1) is 5.92 Å². The first-order chi connectivity index (χ1) is 8.64. The van der Waals surface area contributed by atoms with Crippen LogP contribution in [0.4, 0.5) is 13.2 Å². The summed E-state index contributed by atoms with van der Waals surface area (Å²) in [6, 6.07) is 0. The summed E-state index contributed by atoms with van der Waals surface area (Å²) < 4.78 is 37.9. The van der Waals surface area contributed by atoms with Crippen LogP contribution in [0.25, 0.3) is 0 Å². The summed E-state index contributed by atoms with van der Waals surface area (Å²) in [5.41, 5.74) is -0.158. The quantitative estimate of drug-likeness (QED) is 0.788. The van der Waals surface area contributed by atoms with Crippen molar-refractivity contribution in [1.82, 2.24) is 4.90 Å². The third-order valence-corrected chi connectivity index (χ3v) is 3.38. The van der Waals surface area contributed by atoms with Crippen LogP contribution in [-0.2, 0) is 9.59 Å². The zero-order valence-corrected chi connectivity index (χ0v) is 10.8. The first-order valence-corrected chi connectivity index (χ1v) is 5.91. The molecule has 0 radical (unpaired) electrons. The summed E-state index contributed by atoms with van der Waals surface area (Å²) in [4.78, 5) is 23.8. The van der Waals surface area contributed by atoms with Crippen LogP contribution in [0.5, 0.6) is 0 Å². The minimum absolute atomic E-state index is 0.00789. The Labute approximate surface area is 108 Å². The number of amides is 1. The van der Waals surface area contributed by atoms with E-state index >= 15 is 0 Å². The third-order valence-electron chi connectivity index (χ3n) is 3.38. The monoisotopic (exact) mass is 279 g/mol. The highest BCUT2D eigenvalue weighted by Gasteiger charge is 2.42. The maximum Gasteiger partial charge on any atom is 0.393 e. The van der Waals surface area contributed by atoms with Crippen molar-refractivity contribution in [3.63, 3.8) is 0 Å². The van der Waals surface area contributed by atoms with Crippen molar-refractivity contribution in [1.29, 1.82) is 0 Å². The van der Waals surface area contributed by atoms with Crippen LogP contribution in [-0.4, -0.2) is 41.1 Å². The van der Waals surface area contributed by atoms with Crippen LogP contribution in [0.2, 0.25) is 0 Å². The number of carboxylic acid groups (broad SMARTS) is 1. The first-order valence-electron chi connectivity index (χ1n) is 5.91. The van der Waals surface area contributed by atoms with Gasteiger partial charge >= 0.3 is 12.1 Å². The molecule has 19 heavy (non-hydrogen) atoms. The second-order valence-corrected chi connectivity index (χ2v) is 4.69. The van der Waals surface area contributed by atoms with Gasteiger partial charge in [0.05, 0.1) is 5.92 Å². The lowest BCUT2D eigenvalue weighted by molar-refractivity contribution is -0.187. The fraction of sp³-hybridized carbons (Fsp3) is 0.667. The van der Waals surface area contributed by atoms with E-state index in [-0.39, 0.29) is 30.5 Å². The Kier molecular flexibility index (Phi) is 4.60. The van der Waals surface area contributed by atoms with Crippen molar-refractivity contribution in [2.75, 3.05) is 13.1 Å². The van der Waals surface area contributed by atoms with E-state index in [2.05, 4.69) is 0 Å². The highest BCUT2D eigenvalue weighted by molar-refractivity contribution is 6.01. The van der Waals surface area contributed by atoms with Crippen LogP contribution in [0.3, 0.4) is 0 Å². The number of hydrogen-bond acceptors (Lipinski definition) is 2. The minimum Gasteiger partial charge on any atom is -0.478 e. The van der Waals surface area contributed by atoms with Gasteiger partial charge in [-0.15, -0.1) is 0 Å². The van der Waals surface area contributed by atoms with Crippen molar-refractivity contribution in [2.24, 2.45) is 5.92 Å². The number of nitrogens with zero attached hydrogens (tertiary/aromatic N) is 1. The SMILES string of the molecule is CC(C(=O)O)=C(C)C(=O)N1CCCC(C(F)(F)F)C1. The number of hydrogen-bond donors (Lipinski definition) is 1. The Morgan fingerprint density at radius 3 is 2.26 bits per heavy atom. The maximum atomic E-state index is 12.6. The number of carboxylic acids is 1. The van der Waals surface area contributed by atoms with E-state index < -0.39 is 30.5 Å². The molecule has 0 bridgehead atoms. The molecule has 1 rings (SSSR count). The van der Waals surface area contributed by atoms with Gasteiger partial charge in [0.25, 0.3) is 0 Å². The molecule has 1 aliphatic rings. The smallest absolute Gasteiger partial charge is 0.393 e. The van der Waals surface area contributed by atoms with Crippen molar-refractivity contribution >= 4 is 11.9 Å². The largest absolute Gasteiger partial charge is 0.478 e. The zero-order valence-electron chi connectivity index (χ0n) is 10.8. The van der Waals surface area contributed by atoms with Gasteiger partial charge in [-0.3, -0.25) is 4.79 Å². The molecule has 1 atom stereocenters. The molecule has 1 heterocycles. The Balaban J connectivity index is 2.84. The topological polar surface area (TPSA) is 57.6 Å². The molecule has 1 amide bonds. The van der Waals surface area contributed by atoms with E-state index in [0.717, 1.165) is 4.90 Å². The fourth-order valence-electron chi connectivity index (χ4n) is 1.99. The molecular formula is C12H16F3NO3. The Hall–Kier alpha value is -1.53. The van der Waals surface area contributed by atoms with E-state index in [9.17, 15) is 22.8 Å². The van der Waals surface area contributed by atoms with Crippen molar-refractivity contribution < 1.29 is 27.9 Å². The molecule has 4 nitrogen and oxygen atoms in total. The highest BCUT2D eigenvalue weighted by Crippen LogP contribution is 2.33. The van der Waals surface area contributed by atoms with Gasteiger partial charge in [0, 0.05) is 24.2 Å². The molecule has 0 aromatic heterocycles. The molecule has 108 valence electrons. The molecule has 0 aromatic rings. The maximum absolute atomic E-state index is 12.6. The predicted octanol–water partition coefficient (Wildman–Crippen LogP) is 2.21. The number of rotatable bonds is 2. The summed E-state index contributed by atoms with van der Waals surface area (Å²) in [6.45, 7) is 2.42. The fourth-order valence-corrected chi connectivity index (χ4v) is 1.99. The Morgan fingerprint density at radius 2 is 1.79 bits per heavy atom. The summed E-state index contributed by atoms with van der Waals surface area (Å²) in [5.74, 6) is -3.40. The number of piperidine rings is 1. The second-order valence-electron chi connectivity index (χ2n) is 4.69. The van der Waals surface area contributed by atoms with Crippen molar-refractivity contribution in [3.05, 3.63) is 11.1 Å². The standard InChI is InChI=1S/C12H16F3NO3/c1-7(8(2)11(18)19)10(17)16-5-3-4-9(6-16)12(13,14)15/h9H,3-6H2,1-2H3,(H,18,19). The number of carbonyl (C=O) groups is 2. The summed E-state index contributed by atoms with van der Waals surface area (Å²) >= 11 is 0. The van der Waals surface area contributed by atoms with Crippen molar-refractivity contribution in [2.45, 2.75) is 32.9 Å². The molecule has 0 spiro atoms. The Morgan fingerprint density at radius 1 is 1.21 bits per heavy atom. The van der Waals surface area contributed by atoms with E-state index in [1.165, 1.54) is 13.8 Å².